The van der Waals surface area contributed by atoms with Crippen LogP contribution in [0.5, 0.6) is 0 Å². The van der Waals surface area contributed by atoms with Crippen molar-refractivity contribution in [3.63, 3.8) is 0 Å². The van der Waals surface area contributed by atoms with E-state index in [1.807, 2.05) is 0 Å². The number of benzene rings is 3. The molecule has 3 aromatic carbocycles. The molecule has 0 aromatic heterocycles. The fourth-order valence-electron chi connectivity index (χ4n) is 2.48. The summed E-state index contributed by atoms with van der Waals surface area (Å²) in [5.74, 6) is -0.532. The molecule has 0 aliphatic heterocycles. The van der Waals surface area contributed by atoms with Gasteiger partial charge in [-0.05, 0) is 36.4 Å². The van der Waals surface area contributed by atoms with Crippen LogP contribution in [0.25, 0.3) is 0 Å². The SMILES string of the molecule is O=C(Nc1ccccc1NS(=O)(=O)c1cccc([N+](=O)[O-])c1)c1ccc(Cl)c(Cl)c1. The molecule has 0 unspecified atom stereocenters. The van der Waals surface area contributed by atoms with Crippen LogP contribution in [0.1, 0.15) is 10.4 Å². The first-order valence-electron chi connectivity index (χ1n) is 8.30. The molecule has 0 aliphatic carbocycles. The molecule has 0 saturated heterocycles. The largest absolute Gasteiger partial charge is 0.320 e. The van der Waals surface area contributed by atoms with Crippen LogP contribution in [0, 0.1) is 10.1 Å². The van der Waals surface area contributed by atoms with Gasteiger partial charge in [0.05, 0.1) is 31.2 Å². The number of sulfonamides is 1. The number of nitrogens with zero attached hydrogens (tertiary/aromatic N) is 1. The van der Waals surface area contributed by atoms with E-state index in [4.69, 9.17) is 23.2 Å². The maximum Gasteiger partial charge on any atom is 0.270 e. The van der Waals surface area contributed by atoms with Gasteiger partial charge in [0, 0.05) is 17.7 Å². The number of hydrogen-bond acceptors (Lipinski definition) is 5. The molecular weight excluding hydrogens is 453 g/mol. The predicted octanol–water partition coefficient (Wildman–Crippen LogP) is 4.95. The number of nitro benzene ring substituents is 1. The molecule has 0 fully saturated rings. The average molecular weight is 466 g/mol. The van der Waals surface area contributed by atoms with E-state index in [1.54, 1.807) is 12.1 Å². The van der Waals surface area contributed by atoms with Gasteiger partial charge in [0.1, 0.15) is 0 Å². The standard InChI is InChI=1S/C19H13Cl2N3O5S/c20-15-9-8-12(10-16(15)21)19(25)22-17-6-1-2-7-18(17)23-30(28,29)14-5-3-4-13(11-14)24(26)27/h1-11,23H,(H,22,25). The lowest BCUT2D eigenvalue weighted by molar-refractivity contribution is -0.385. The topological polar surface area (TPSA) is 118 Å². The summed E-state index contributed by atoms with van der Waals surface area (Å²) in [6, 6.07) is 15.1. The Labute approximate surface area is 181 Å². The first-order valence-corrected chi connectivity index (χ1v) is 10.5. The summed E-state index contributed by atoms with van der Waals surface area (Å²) >= 11 is 11.8. The third-order valence-corrected chi connectivity index (χ3v) is 6.04. The van der Waals surface area contributed by atoms with Gasteiger partial charge in [-0.2, -0.15) is 0 Å². The van der Waals surface area contributed by atoms with Crippen LogP contribution in [0.3, 0.4) is 0 Å². The molecule has 3 rings (SSSR count). The normalized spacial score (nSPS) is 11.0. The summed E-state index contributed by atoms with van der Waals surface area (Å²) in [7, 11) is -4.15. The lowest BCUT2D eigenvalue weighted by Gasteiger charge is -2.14. The molecule has 30 heavy (non-hydrogen) atoms. The smallest absolute Gasteiger partial charge is 0.270 e. The lowest BCUT2D eigenvalue weighted by atomic mass is 10.2. The molecule has 0 bridgehead atoms. The Morgan fingerprint density at radius 3 is 2.27 bits per heavy atom. The van der Waals surface area contributed by atoms with Crippen molar-refractivity contribution in [2.75, 3.05) is 10.0 Å². The number of nitrogens with one attached hydrogen (secondary N) is 2. The van der Waals surface area contributed by atoms with Crippen LogP contribution in [0.2, 0.25) is 10.0 Å². The molecule has 154 valence electrons. The van der Waals surface area contributed by atoms with Crippen LogP contribution < -0.4 is 10.0 Å². The van der Waals surface area contributed by atoms with Crippen molar-refractivity contribution in [1.82, 2.24) is 0 Å². The van der Waals surface area contributed by atoms with Crippen molar-refractivity contribution in [3.05, 3.63) is 92.5 Å². The van der Waals surface area contributed by atoms with Gasteiger partial charge in [0.25, 0.3) is 21.6 Å². The van der Waals surface area contributed by atoms with Crippen molar-refractivity contribution < 1.29 is 18.1 Å². The quantitative estimate of drug-likeness (QED) is 0.394. The van der Waals surface area contributed by atoms with Gasteiger partial charge >= 0.3 is 0 Å². The summed E-state index contributed by atoms with van der Waals surface area (Å²) in [4.78, 5) is 22.5. The Morgan fingerprint density at radius 1 is 0.900 bits per heavy atom. The second-order valence-electron chi connectivity index (χ2n) is 5.99. The highest BCUT2D eigenvalue weighted by atomic mass is 35.5. The number of nitro groups is 1. The number of anilines is 2. The Hall–Kier alpha value is -3.14. The number of hydrogen-bond donors (Lipinski definition) is 2. The van der Waals surface area contributed by atoms with Crippen molar-refractivity contribution in [2.45, 2.75) is 4.90 Å². The summed E-state index contributed by atoms with van der Waals surface area (Å²) in [5.41, 5.74) is 0.125. The Bertz CT molecular complexity index is 1250. The van der Waals surface area contributed by atoms with Crippen molar-refractivity contribution in [1.29, 1.82) is 0 Å². The summed E-state index contributed by atoms with van der Waals surface area (Å²) in [5, 5.41) is 14.0. The zero-order chi connectivity index (χ0) is 21.9. The minimum absolute atomic E-state index is 0.0809. The molecule has 0 saturated carbocycles. The summed E-state index contributed by atoms with van der Waals surface area (Å²) in [6.45, 7) is 0. The third kappa shape index (κ3) is 4.88. The van der Waals surface area contributed by atoms with E-state index in [-0.39, 0.29) is 32.5 Å². The lowest BCUT2D eigenvalue weighted by Crippen LogP contribution is -2.17. The number of para-hydroxylation sites is 2. The van der Waals surface area contributed by atoms with E-state index in [0.29, 0.717) is 5.02 Å². The van der Waals surface area contributed by atoms with E-state index >= 15 is 0 Å². The first-order chi connectivity index (χ1) is 14.2. The molecule has 11 heteroatoms. The van der Waals surface area contributed by atoms with Gasteiger partial charge in [0.15, 0.2) is 0 Å². The third-order valence-electron chi connectivity index (χ3n) is 3.94. The molecule has 1 amide bonds. The molecule has 2 N–H and O–H groups in total. The number of rotatable bonds is 6. The number of halogens is 2. The molecule has 0 atom stereocenters. The van der Waals surface area contributed by atoms with Crippen LogP contribution in [-0.2, 0) is 10.0 Å². The number of amides is 1. The molecule has 0 radical (unpaired) electrons. The Kier molecular flexibility index (Phi) is 6.25. The number of non-ortho nitro benzene ring substituents is 1. The Balaban J connectivity index is 1.88. The van der Waals surface area contributed by atoms with E-state index in [1.165, 1.54) is 48.5 Å². The first kappa shape index (κ1) is 21.6. The maximum absolute atomic E-state index is 12.7. The summed E-state index contributed by atoms with van der Waals surface area (Å²) in [6.07, 6.45) is 0. The van der Waals surface area contributed by atoms with Crippen molar-refractivity contribution >= 4 is 56.2 Å². The predicted molar refractivity (Wildman–Crippen MR) is 115 cm³/mol. The molecule has 3 aromatic rings. The highest BCUT2D eigenvalue weighted by Gasteiger charge is 2.20. The highest BCUT2D eigenvalue weighted by Crippen LogP contribution is 2.27. The molecule has 0 heterocycles. The van der Waals surface area contributed by atoms with Crippen LogP contribution in [0.4, 0.5) is 17.1 Å². The highest BCUT2D eigenvalue weighted by molar-refractivity contribution is 7.92. The van der Waals surface area contributed by atoms with Crippen LogP contribution in [-0.4, -0.2) is 19.2 Å². The summed E-state index contributed by atoms with van der Waals surface area (Å²) < 4.78 is 27.7. The van der Waals surface area contributed by atoms with Gasteiger partial charge in [0.2, 0.25) is 0 Å². The molecule has 0 aliphatic rings. The second kappa shape index (κ2) is 8.70. The van der Waals surface area contributed by atoms with Crippen molar-refractivity contribution in [3.8, 4) is 0 Å². The molecule has 8 nitrogen and oxygen atoms in total. The Morgan fingerprint density at radius 2 is 1.60 bits per heavy atom. The van der Waals surface area contributed by atoms with E-state index < -0.39 is 20.9 Å². The maximum atomic E-state index is 12.7. The zero-order valence-electron chi connectivity index (χ0n) is 15.0. The average Bonchev–Trinajstić information content (AvgIpc) is 2.71. The minimum atomic E-state index is -4.15. The zero-order valence-corrected chi connectivity index (χ0v) is 17.3. The monoisotopic (exact) mass is 465 g/mol. The van der Waals surface area contributed by atoms with Gasteiger partial charge in [-0.15, -0.1) is 0 Å². The van der Waals surface area contributed by atoms with Crippen LogP contribution >= 0.6 is 23.2 Å². The second-order valence-corrected chi connectivity index (χ2v) is 8.49. The van der Waals surface area contributed by atoms with Crippen LogP contribution in [0.15, 0.2) is 71.6 Å². The van der Waals surface area contributed by atoms with Gasteiger partial charge in [-0.3, -0.25) is 19.6 Å². The molecular formula is C19H13Cl2N3O5S. The van der Waals surface area contributed by atoms with Gasteiger partial charge in [-0.25, -0.2) is 8.42 Å². The fraction of sp³-hybridized carbons (Fsp3) is 0. The number of carbonyl (C=O) groups excluding carboxylic acids is 1. The van der Waals surface area contributed by atoms with Gasteiger partial charge < -0.3 is 5.32 Å². The van der Waals surface area contributed by atoms with E-state index in [9.17, 15) is 23.3 Å². The minimum Gasteiger partial charge on any atom is -0.320 e. The van der Waals surface area contributed by atoms with Gasteiger partial charge in [-0.1, -0.05) is 41.4 Å². The van der Waals surface area contributed by atoms with E-state index in [2.05, 4.69) is 10.0 Å². The van der Waals surface area contributed by atoms with E-state index in [0.717, 1.165) is 6.07 Å². The van der Waals surface area contributed by atoms with Crippen molar-refractivity contribution in [2.24, 2.45) is 0 Å². The number of carbonyl (C=O) groups is 1. The molecule has 0 spiro atoms. The fourth-order valence-corrected chi connectivity index (χ4v) is 3.90.